The highest BCUT2D eigenvalue weighted by atomic mass is 16.6. The molecule has 32 heavy (non-hydrogen) atoms. The van der Waals surface area contributed by atoms with E-state index in [2.05, 4.69) is 10.6 Å². The summed E-state index contributed by atoms with van der Waals surface area (Å²) in [6, 6.07) is 0. The van der Waals surface area contributed by atoms with E-state index >= 15 is 0 Å². The smallest absolute Gasteiger partial charge is 0.306 e. The van der Waals surface area contributed by atoms with Gasteiger partial charge in [-0.3, -0.25) is 19.2 Å². The van der Waals surface area contributed by atoms with Crippen LogP contribution in [0.25, 0.3) is 0 Å². The van der Waals surface area contributed by atoms with Crippen molar-refractivity contribution < 1.29 is 47.6 Å². The summed E-state index contributed by atoms with van der Waals surface area (Å²) in [4.78, 5) is 46.5. The molecule has 0 radical (unpaired) electrons. The lowest BCUT2D eigenvalue weighted by atomic mass is 10.3. The number of nitrogens with one attached hydrogen (secondary N) is 2. The van der Waals surface area contributed by atoms with E-state index in [0.717, 1.165) is 0 Å². The molecule has 1 aliphatic heterocycles. The minimum Gasteiger partial charge on any atom is -0.463 e. The molecule has 0 saturated carbocycles. The van der Waals surface area contributed by atoms with Gasteiger partial charge in [-0.15, -0.1) is 0 Å². The zero-order valence-electron chi connectivity index (χ0n) is 18.4. The molecule has 2 N–H and O–H groups in total. The van der Waals surface area contributed by atoms with Crippen molar-refractivity contribution in [1.82, 2.24) is 10.6 Å². The third kappa shape index (κ3) is 17.4. The van der Waals surface area contributed by atoms with Crippen molar-refractivity contribution >= 4 is 23.8 Å². The summed E-state index contributed by atoms with van der Waals surface area (Å²) >= 11 is 0. The number of esters is 2. The van der Waals surface area contributed by atoms with Crippen LogP contribution in [0.2, 0.25) is 0 Å². The number of hydrogen-bond acceptors (Lipinski definition) is 10. The van der Waals surface area contributed by atoms with Crippen LogP contribution in [-0.4, -0.2) is 103 Å². The van der Waals surface area contributed by atoms with Gasteiger partial charge in [0.15, 0.2) is 0 Å². The minimum atomic E-state index is -0.473. The van der Waals surface area contributed by atoms with Crippen LogP contribution in [0.15, 0.2) is 0 Å². The van der Waals surface area contributed by atoms with Gasteiger partial charge in [0.2, 0.25) is 11.8 Å². The Morgan fingerprint density at radius 1 is 0.438 bits per heavy atom. The van der Waals surface area contributed by atoms with Gasteiger partial charge in [-0.2, -0.15) is 0 Å². The van der Waals surface area contributed by atoms with E-state index in [9.17, 15) is 19.2 Å². The Hall–Kier alpha value is -2.28. The quantitative estimate of drug-likeness (QED) is 0.427. The van der Waals surface area contributed by atoms with Gasteiger partial charge in [0.05, 0.1) is 65.7 Å². The number of hydrogen-bond donors (Lipinski definition) is 2. The van der Waals surface area contributed by atoms with Gasteiger partial charge >= 0.3 is 11.9 Å². The van der Waals surface area contributed by atoms with Gasteiger partial charge in [0.25, 0.3) is 0 Å². The number of carbonyl (C=O) groups is 4. The zero-order chi connectivity index (χ0) is 23.3. The largest absolute Gasteiger partial charge is 0.463 e. The first-order valence-corrected chi connectivity index (χ1v) is 10.7. The summed E-state index contributed by atoms with van der Waals surface area (Å²) in [5.41, 5.74) is 0. The van der Waals surface area contributed by atoms with E-state index in [1.807, 2.05) is 0 Å². The Labute approximate surface area is 187 Å². The van der Waals surface area contributed by atoms with E-state index in [1.165, 1.54) is 0 Å². The molecule has 1 aliphatic rings. The minimum absolute atomic E-state index is 0.0150. The van der Waals surface area contributed by atoms with Crippen molar-refractivity contribution in [2.45, 2.75) is 25.7 Å². The van der Waals surface area contributed by atoms with Crippen LogP contribution in [0.3, 0.4) is 0 Å². The SMILES string of the molecule is O=C1CCC(=O)OCCOCCOCCOC(=O)CCC(=O)NCCOCCOCCN1. The summed E-state index contributed by atoms with van der Waals surface area (Å²) in [7, 11) is 0. The molecule has 0 aromatic heterocycles. The predicted octanol–water partition coefficient (Wildman–Crippen LogP) is -1.05. The molecule has 2 amide bonds. The first-order valence-electron chi connectivity index (χ1n) is 10.7. The van der Waals surface area contributed by atoms with Crippen LogP contribution in [0.4, 0.5) is 0 Å². The average molecular weight is 462 g/mol. The molecule has 0 aliphatic carbocycles. The fraction of sp³-hybridized carbons (Fsp3) is 0.800. The monoisotopic (exact) mass is 462 g/mol. The molecule has 12 heteroatoms. The van der Waals surface area contributed by atoms with Gasteiger partial charge in [0, 0.05) is 25.9 Å². The van der Waals surface area contributed by atoms with Crippen molar-refractivity contribution in [3.63, 3.8) is 0 Å². The highest BCUT2D eigenvalue weighted by molar-refractivity contribution is 5.81. The predicted molar refractivity (Wildman–Crippen MR) is 110 cm³/mol. The lowest BCUT2D eigenvalue weighted by Gasteiger charge is -2.09. The number of rotatable bonds is 0. The van der Waals surface area contributed by atoms with Crippen LogP contribution in [0.1, 0.15) is 25.7 Å². The van der Waals surface area contributed by atoms with Gasteiger partial charge in [-0.25, -0.2) is 0 Å². The molecule has 0 bridgehead atoms. The molecule has 0 aromatic rings. The molecule has 1 heterocycles. The van der Waals surface area contributed by atoms with E-state index in [4.69, 9.17) is 28.4 Å². The molecule has 0 atom stereocenters. The molecule has 1 saturated heterocycles. The van der Waals surface area contributed by atoms with Crippen molar-refractivity contribution in [2.75, 3.05) is 79.2 Å². The second kappa shape index (κ2) is 19.4. The third-order valence-corrected chi connectivity index (χ3v) is 3.97. The lowest BCUT2D eigenvalue weighted by molar-refractivity contribution is -0.147. The summed E-state index contributed by atoms with van der Waals surface area (Å²) < 4.78 is 31.1. The Morgan fingerprint density at radius 3 is 1.19 bits per heavy atom. The number of amides is 2. The van der Waals surface area contributed by atoms with Crippen molar-refractivity contribution in [3.8, 4) is 0 Å². The lowest BCUT2D eigenvalue weighted by Crippen LogP contribution is -2.29. The van der Waals surface area contributed by atoms with Crippen LogP contribution < -0.4 is 10.6 Å². The van der Waals surface area contributed by atoms with E-state index in [1.54, 1.807) is 0 Å². The maximum atomic E-state index is 11.7. The van der Waals surface area contributed by atoms with Gasteiger partial charge in [-0.05, 0) is 0 Å². The summed E-state index contributed by atoms with van der Waals surface area (Å²) in [6.45, 7) is 3.12. The van der Waals surface area contributed by atoms with Crippen molar-refractivity contribution in [1.29, 1.82) is 0 Å². The normalized spacial score (nSPS) is 21.8. The first-order chi connectivity index (χ1) is 15.6. The van der Waals surface area contributed by atoms with Crippen molar-refractivity contribution in [3.05, 3.63) is 0 Å². The standard InChI is InChI=1S/C20H34N2O10/c23-17-1-3-19(25)31-15-13-29-11-12-30-14-16-32-20(26)4-2-18(24)22-6-8-28-10-9-27-7-5-21-17/h1-16H2,(H,21,23)(H,22,24). The highest BCUT2D eigenvalue weighted by Gasteiger charge is 2.09. The first kappa shape index (κ1) is 27.8. The Bertz CT molecular complexity index is 462. The topological polar surface area (TPSA) is 148 Å². The second-order valence-corrected chi connectivity index (χ2v) is 6.59. The number of cyclic esters (lactones) is 2. The molecule has 0 spiro atoms. The number of ether oxygens (including phenoxy) is 6. The molecular formula is C20H34N2O10. The van der Waals surface area contributed by atoms with Gasteiger partial charge in [-0.1, -0.05) is 0 Å². The molecule has 12 nitrogen and oxygen atoms in total. The summed E-state index contributed by atoms with van der Waals surface area (Å²) in [6.07, 6.45) is 0.0394. The Balaban J connectivity index is 2.26. The Kier molecular flexibility index (Phi) is 16.8. The fourth-order valence-corrected chi connectivity index (χ4v) is 2.35. The second-order valence-electron chi connectivity index (χ2n) is 6.59. The summed E-state index contributed by atoms with van der Waals surface area (Å²) in [5.74, 6) is -1.46. The van der Waals surface area contributed by atoms with E-state index in [0.29, 0.717) is 52.7 Å². The van der Waals surface area contributed by atoms with Crippen LogP contribution in [0.5, 0.6) is 0 Å². The molecule has 1 fully saturated rings. The maximum absolute atomic E-state index is 11.7. The molecule has 0 aromatic carbocycles. The van der Waals surface area contributed by atoms with Crippen LogP contribution >= 0.6 is 0 Å². The fourth-order valence-electron chi connectivity index (χ4n) is 2.35. The molecule has 184 valence electrons. The van der Waals surface area contributed by atoms with E-state index < -0.39 is 11.9 Å². The molecule has 0 unspecified atom stereocenters. The maximum Gasteiger partial charge on any atom is 0.306 e. The molecule has 1 rings (SSSR count). The van der Waals surface area contributed by atoms with Gasteiger partial charge < -0.3 is 39.1 Å². The van der Waals surface area contributed by atoms with Gasteiger partial charge in [0.1, 0.15) is 13.2 Å². The highest BCUT2D eigenvalue weighted by Crippen LogP contribution is 1.95. The third-order valence-electron chi connectivity index (χ3n) is 3.97. The van der Waals surface area contributed by atoms with Crippen molar-refractivity contribution in [2.24, 2.45) is 0 Å². The average Bonchev–Trinajstić information content (AvgIpc) is 2.78. The Morgan fingerprint density at radius 2 is 0.781 bits per heavy atom. The zero-order valence-corrected chi connectivity index (χ0v) is 18.4. The number of carbonyl (C=O) groups excluding carboxylic acids is 4. The van der Waals surface area contributed by atoms with E-state index in [-0.39, 0.29) is 63.9 Å². The summed E-state index contributed by atoms with van der Waals surface area (Å²) in [5, 5.41) is 5.30. The van der Waals surface area contributed by atoms with Crippen LogP contribution in [0, 0.1) is 0 Å². The van der Waals surface area contributed by atoms with Crippen LogP contribution in [-0.2, 0) is 47.6 Å². The molecular weight excluding hydrogens is 428 g/mol.